The molecule has 4 rings (SSSR count). The van der Waals surface area contributed by atoms with E-state index >= 15 is 0 Å². The number of hydrogen-bond donors (Lipinski definition) is 2. The highest BCUT2D eigenvalue weighted by molar-refractivity contribution is 7.99. The number of hydrogen-bond acceptors (Lipinski definition) is 7. The minimum atomic E-state index is -0.174. The second-order valence-electron chi connectivity index (χ2n) is 7.02. The molecule has 1 aliphatic carbocycles. The molecule has 0 saturated carbocycles. The minimum absolute atomic E-state index is 0.0922. The number of aryl methyl sites for hydroxylation is 1. The Bertz CT molecular complexity index is 968. The van der Waals surface area contributed by atoms with Gasteiger partial charge in [-0.3, -0.25) is 4.79 Å². The number of nitrogens with one attached hydrogen (secondary N) is 1. The van der Waals surface area contributed by atoms with Crippen molar-refractivity contribution in [3.63, 3.8) is 0 Å². The molecule has 8 heteroatoms. The van der Waals surface area contributed by atoms with Crippen molar-refractivity contribution in [1.29, 1.82) is 0 Å². The minimum Gasteiger partial charge on any atom is -0.467 e. The molecule has 3 aromatic rings. The summed E-state index contributed by atoms with van der Waals surface area (Å²) in [6, 6.07) is 3.47. The van der Waals surface area contributed by atoms with Crippen molar-refractivity contribution in [2.24, 2.45) is 5.92 Å². The topological polar surface area (TPSA) is 94.0 Å². The number of furan rings is 1. The highest BCUT2D eigenvalue weighted by Crippen LogP contribution is 2.39. The standard InChI is InChI=1S/C19H22N4O2S2/c1-10-5-6-12-14(8-10)27-18-16(12)17(20)22-19(23-18)26-9-15(24)21-11(2)13-4-3-7-25-13/h3-4,7,10-11H,5-6,8-9H2,1-2H3,(H,21,24)(H2,20,22,23). The van der Waals surface area contributed by atoms with Gasteiger partial charge in [0.15, 0.2) is 5.16 Å². The number of thiophene rings is 1. The summed E-state index contributed by atoms with van der Waals surface area (Å²) >= 11 is 3.02. The van der Waals surface area contributed by atoms with Gasteiger partial charge in [-0.05, 0) is 49.8 Å². The second kappa shape index (κ2) is 7.52. The highest BCUT2D eigenvalue weighted by Gasteiger charge is 2.23. The molecule has 0 spiro atoms. The molecule has 2 atom stereocenters. The Morgan fingerprint density at radius 1 is 1.52 bits per heavy atom. The Labute approximate surface area is 165 Å². The van der Waals surface area contributed by atoms with Crippen molar-refractivity contribution in [3.8, 4) is 0 Å². The number of aromatic nitrogens is 2. The predicted octanol–water partition coefficient (Wildman–Crippen LogP) is 3.96. The molecule has 0 bridgehead atoms. The fourth-order valence-corrected chi connectivity index (χ4v) is 5.55. The van der Waals surface area contributed by atoms with Crippen LogP contribution in [0.3, 0.4) is 0 Å². The average Bonchev–Trinajstić information content (AvgIpc) is 3.27. The summed E-state index contributed by atoms with van der Waals surface area (Å²) in [5.74, 6) is 2.10. The lowest BCUT2D eigenvalue weighted by atomic mass is 9.89. The van der Waals surface area contributed by atoms with Gasteiger partial charge in [0.25, 0.3) is 0 Å². The first-order chi connectivity index (χ1) is 13.0. The molecule has 0 saturated heterocycles. The van der Waals surface area contributed by atoms with Crippen LogP contribution in [0.15, 0.2) is 28.0 Å². The number of anilines is 1. The van der Waals surface area contributed by atoms with Crippen LogP contribution in [0.4, 0.5) is 5.82 Å². The zero-order valence-electron chi connectivity index (χ0n) is 15.3. The van der Waals surface area contributed by atoms with Gasteiger partial charge in [-0.2, -0.15) is 0 Å². The molecule has 142 valence electrons. The van der Waals surface area contributed by atoms with Gasteiger partial charge in [-0.1, -0.05) is 18.7 Å². The summed E-state index contributed by atoms with van der Waals surface area (Å²) < 4.78 is 5.31. The maximum absolute atomic E-state index is 12.2. The van der Waals surface area contributed by atoms with E-state index in [4.69, 9.17) is 10.2 Å². The van der Waals surface area contributed by atoms with Gasteiger partial charge >= 0.3 is 0 Å². The maximum Gasteiger partial charge on any atom is 0.231 e. The lowest BCUT2D eigenvalue weighted by Gasteiger charge is -2.17. The van der Waals surface area contributed by atoms with Gasteiger partial charge in [0.1, 0.15) is 16.4 Å². The van der Waals surface area contributed by atoms with E-state index in [1.54, 1.807) is 23.7 Å². The molecule has 3 aromatic heterocycles. The van der Waals surface area contributed by atoms with Crippen LogP contribution >= 0.6 is 23.1 Å². The molecule has 0 aromatic carbocycles. The van der Waals surface area contributed by atoms with Crippen molar-refractivity contribution in [1.82, 2.24) is 15.3 Å². The van der Waals surface area contributed by atoms with E-state index in [2.05, 4.69) is 22.2 Å². The van der Waals surface area contributed by atoms with Crippen LogP contribution in [0, 0.1) is 5.92 Å². The van der Waals surface area contributed by atoms with E-state index in [1.807, 2.05) is 13.0 Å². The van der Waals surface area contributed by atoms with E-state index in [1.165, 1.54) is 28.6 Å². The number of rotatable bonds is 5. The number of fused-ring (bicyclic) bond motifs is 3. The smallest absolute Gasteiger partial charge is 0.231 e. The predicted molar refractivity (Wildman–Crippen MR) is 109 cm³/mol. The zero-order valence-corrected chi connectivity index (χ0v) is 17.0. The van der Waals surface area contributed by atoms with Crippen LogP contribution in [0.2, 0.25) is 0 Å². The summed E-state index contributed by atoms with van der Waals surface area (Å²) in [4.78, 5) is 23.6. The van der Waals surface area contributed by atoms with E-state index in [0.29, 0.717) is 16.9 Å². The van der Waals surface area contributed by atoms with Crippen LogP contribution < -0.4 is 11.1 Å². The number of carbonyl (C=O) groups excluding carboxylic acids is 1. The third-order valence-electron chi connectivity index (χ3n) is 4.84. The maximum atomic E-state index is 12.2. The Morgan fingerprint density at radius 2 is 2.37 bits per heavy atom. The molecular weight excluding hydrogens is 380 g/mol. The fraction of sp³-hybridized carbons (Fsp3) is 0.421. The van der Waals surface area contributed by atoms with Crippen molar-refractivity contribution in [2.45, 2.75) is 44.3 Å². The molecule has 27 heavy (non-hydrogen) atoms. The Kier molecular flexibility index (Phi) is 5.10. The van der Waals surface area contributed by atoms with Gasteiger partial charge in [0.2, 0.25) is 5.91 Å². The third kappa shape index (κ3) is 3.82. The van der Waals surface area contributed by atoms with Crippen molar-refractivity contribution < 1.29 is 9.21 Å². The summed E-state index contributed by atoms with van der Waals surface area (Å²) in [5.41, 5.74) is 7.57. The molecule has 1 aliphatic rings. The Balaban J connectivity index is 1.45. The third-order valence-corrected chi connectivity index (χ3v) is 6.84. The zero-order chi connectivity index (χ0) is 19.0. The second-order valence-corrected chi connectivity index (χ2v) is 9.04. The first kappa shape index (κ1) is 18.3. The molecule has 0 aliphatic heterocycles. The fourth-order valence-electron chi connectivity index (χ4n) is 3.44. The van der Waals surface area contributed by atoms with Crippen LogP contribution in [-0.4, -0.2) is 21.6 Å². The quantitative estimate of drug-likeness (QED) is 0.495. The van der Waals surface area contributed by atoms with Gasteiger partial charge in [0.05, 0.1) is 23.4 Å². The molecule has 6 nitrogen and oxygen atoms in total. The number of thioether (sulfide) groups is 1. The largest absolute Gasteiger partial charge is 0.467 e. The van der Waals surface area contributed by atoms with E-state index in [9.17, 15) is 4.79 Å². The molecule has 3 heterocycles. The lowest BCUT2D eigenvalue weighted by Crippen LogP contribution is -2.28. The number of nitrogens with zero attached hydrogens (tertiary/aromatic N) is 2. The van der Waals surface area contributed by atoms with Gasteiger partial charge < -0.3 is 15.5 Å². The summed E-state index contributed by atoms with van der Waals surface area (Å²) in [6.07, 6.45) is 4.91. The van der Waals surface area contributed by atoms with E-state index in [-0.39, 0.29) is 17.7 Å². The van der Waals surface area contributed by atoms with Crippen LogP contribution in [0.5, 0.6) is 0 Å². The van der Waals surface area contributed by atoms with Crippen molar-refractivity contribution in [3.05, 3.63) is 34.6 Å². The monoisotopic (exact) mass is 402 g/mol. The van der Waals surface area contributed by atoms with Gasteiger partial charge in [0, 0.05) is 4.88 Å². The van der Waals surface area contributed by atoms with Gasteiger partial charge in [-0.25, -0.2) is 9.97 Å². The number of amides is 1. The molecule has 3 N–H and O–H groups in total. The van der Waals surface area contributed by atoms with Crippen molar-refractivity contribution in [2.75, 3.05) is 11.5 Å². The molecule has 0 fully saturated rings. The molecular formula is C19H22N4O2S2. The summed E-state index contributed by atoms with van der Waals surface area (Å²) in [7, 11) is 0. The van der Waals surface area contributed by atoms with E-state index < -0.39 is 0 Å². The average molecular weight is 403 g/mol. The number of carbonyl (C=O) groups is 1. The van der Waals surface area contributed by atoms with Gasteiger partial charge in [-0.15, -0.1) is 11.3 Å². The number of nitrogen functional groups attached to an aromatic ring is 1. The molecule has 2 unspecified atom stereocenters. The molecule has 0 radical (unpaired) electrons. The normalized spacial score (nSPS) is 17.6. The number of nitrogens with two attached hydrogens (primary N) is 1. The highest BCUT2D eigenvalue weighted by atomic mass is 32.2. The summed E-state index contributed by atoms with van der Waals surface area (Å²) in [5, 5.41) is 4.48. The van der Waals surface area contributed by atoms with Crippen LogP contribution in [0.1, 0.15) is 42.5 Å². The molecule has 1 amide bonds. The van der Waals surface area contributed by atoms with Crippen LogP contribution in [-0.2, 0) is 17.6 Å². The SMILES string of the molecule is CC1CCc2c(sc3nc(SCC(=O)NC(C)c4ccco4)nc(N)c23)C1. The van der Waals surface area contributed by atoms with Crippen molar-refractivity contribution >= 4 is 45.0 Å². The Hall–Kier alpha value is -2.06. The van der Waals surface area contributed by atoms with E-state index in [0.717, 1.165) is 28.8 Å². The lowest BCUT2D eigenvalue weighted by molar-refractivity contribution is -0.119. The first-order valence-electron chi connectivity index (χ1n) is 9.04. The Morgan fingerprint density at radius 3 is 3.15 bits per heavy atom. The summed E-state index contributed by atoms with van der Waals surface area (Å²) in [6.45, 7) is 4.17. The van der Waals surface area contributed by atoms with Crippen LogP contribution in [0.25, 0.3) is 10.2 Å². The first-order valence-corrected chi connectivity index (χ1v) is 10.8.